The third-order valence-corrected chi connectivity index (χ3v) is 10.7. The van der Waals surface area contributed by atoms with Gasteiger partial charge in [-0.3, -0.25) is 0 Å². The molecule has 3 aliphatic rings. The van der Waals surface area contributed by atoms with E-state index < -0.39 is 0 Å². The molecule has 0 saturated heterocycles. The van der Waals surface area contributed by atoms with Gasteiger partial charge in [-0.1, -0.05) is 164 Å². The van der Waals surface area contributed by atoms with Gasteiger partial charge in [-0.25, -0.2) is 0 Å². The van der Waals surface area contributed by atoms with E-state index in [1.807, 2.05) is 0 Å². The molecule has 2 atom stereocenters. The first-order valence-corrected chi connectivity index (χ1v) is 19.0. The monoisotopic (exact) mass is 694 g/mol. The number of hydrogen-bond acceptors (Lipinski definition) is 2. The lowest BCUT2D eigenvalue weighted by molar-refractivity contribution is 0.662. The van der Waals surface area contributed by atoms with E-state index in [-0.39, 0.29) is 6.04 Å². The highest BCUT2D eigenvalue weighted by molar-refractivity contribution is 5.80. The summed E-state index contributed by atoms with van der Waals surface area (Å²) in [5.41, 5.74) is 14.7. The number of allylic oxidation sites excluding steroid dienone is 7. The number of benzene rings is 6. The van der Waals surface area contributed by atoms with E-state index >= 15 is 0 Å². The van der Waals surface area contributed by atoms with Gasteiger partial charge in [0.15, 0.2) is 0 Å². The zero-order valence-electron chi connectivity index (χ0n) is 30.2. The molecule has 2 nitrogen and oxygen atoms in total. The SMILES string of the molecule is C1=CC2=C(N(c3ccc(C=Cc4ccc(N(c5ccccc5)c5ccc(-c6ccccc6)cc5)cc4)cc3)C3CC=Cc4ccccc43)C=CCC2C=C1. The average Bonchev–Trinajstić information content (AvgIpc) is 3.25. The zero-order valence-corrected chi connectivity index (χ0v) is 30.2. The molecular formula is C52H42N2. The van der Waals surface area contributed by atoms with Crippen LogP contribution < -0.4 is 9.80 Å². The van der Waals surface area contributed by atoms with Crippen molar-refractivity contribution in [3.05, 3.63) is 234 Å². The molecule has 2 heteroatoms. The molecule has 0 saturated carbocycles. The molecule has 0 spiro atoms. The van der Waals surface area contributed by atoms with Gasteiger partial charge in [0.1, 0.15) is 0 Å². The van der Waals surface area contributed by atoms with Crippen molar-refractivity contribution >= 4 is 41.0 Å². The number of fused-ring (bicyclic) bond motifs is 2. The molecule has 260 valence electrons. The molecule has 9 rings (SSSR count). The predicted octanol–water partition coefficient (Wildman–Crippen LogP) is 13.9. The fourth-order valence-electron chi connectivity index (χ4n) is 7.99. The minimum atomic E-state index is 0.216. The van der Waals surface area contributed by atoms with Crippen LogP contribution in [0.25, 0.3) is 29.4 Å². The van der Waals surface area contributed by atoms with Gasteiger partial charge in [-0.05, 0) is 106 Å². The molecule has 0 heterocycles. The average molecular weight is 695 g/mol. The van der Waals surface area contributed by atoms with Crippen LogP contribution in [-0.2, 0) is 0 Å². The summed E-state index contributed by atoms with van der Waals surface area (Å²) in [5.74, 6) is 0.417. The van der Waals surface area contributed by atoms with Crippen LogP contribution in [0.1, 0.15) is 41.1 Å². The maximum absolute atomic E-state index is 2.57. The molecule has 0 amide bonds. The Bertz CT molecular complexity index is 2410. The van der Waals surface area contributed by atoms with E-state index in [0.717, 1.165) is 35.5 Å². The molecule has 0 fully saturated rings. The Morgan fingerprint density at radius 1 is 0.463 bits per heavy atom. The van der Waals surface area contributed by atoms with Crippen LogP contribution >= 0.6 is 0 Å². The molecule has 2 unspecified atom stereocenters. The predicted molar refractivity (Wildman–Crippen MR) is 230 cm³/mol. The first-order valence-electron chi connectivity index (χ1n) is 19.0. The van der Waals surface area contributed by atoms with Gasteiger partial charge in [0.05, 0.1) is 6.04 Å². The van der Waals surface area contributed by atoms with Crippen molar-refractivity contribution in [2.75, 3.05) is 9.80 Å². The largest absolute Gasteiger partial charge is 0.333 e. The van der Waals surface area contributed by atoms with Gasteiger partial charge in [0.25, 0.3) is 0 Å². The van der Waals surface area contributed by atoms with Crippen LogP contribution in [0, 0.1) is 5.92 Å². The van der Waals surface area contributed by atoms with E-state index in [1.165, 1.54) is 44.8 Å². The van der Waals surface area contributed by atoms with E-state index in [2.05, 4.69) is 228 Å². The summed E-state index contributed by atoms with van der Waals surface area (Å²) in [4.78, 5) is 4.89. The van der Waals surface area contributed by atoms with Crippen LogP contribution in [0.4, 0.5) is 22.7 Å². The lowest BCUT2D eigenvalue weighted by Crippen LogP contribution is -2.31. The summed E-state index contributed by atoms with van der Waals surface area (Å²) in [5, 5.41) is 0. The quantitative estimate of drug-likeness (QED) is 0.139. The fraction of sp³-hybridized carbons (Fsp3) is 0.0769. The fourth-order valence-corrected chi connectivity index (χ4v) is 7.99. The Kier molecular flexibility index (Phi) is 9.32. The lowest BCUT2D eigenvalue weighted by Gasteiger charge is -2.39. The molecule has 0 aliphatic heterocycles. The maximum Gasteiger partial charge on any atom is 0.0632 e. The highest BCUT2D eigenvalue weighted by Gasteiger charge is 2.30. The third kappa shape index (κ3) is 6.83. The Balaban J connectivity index is 0.980. The normalized spacial score (nSPS) is 17.0. The number of rotatable bonds is 9. The van der Waals surface area contributed by atoms with Crippen LogP contribution in [0.5, 0.6) is 0 Å². The molecule has 0 aromatic heterocycles. The molecular weight excluding hydrogens is 653 g/mol. The van der Waals surface area contributed by atoms with Crippen LogP contribution in [-0.4, -0.2) is 0 Å². The van der Waals surface area contributed by atoms with Gasteiger partial charge in [0.2, 0.25) is 0 Å². The molecule has 6 aromatic carbocycles. The zero-order chi connectivity index (χ0) is 36.1. The van der Waals surface area contributed by atoms with Crippen molar-refractivity contribution in [2.45, 2.75) is 18.9 Å². The second kappa shape index (κ2) is 15.1. The number of hydrogen-bond donors (Lipinski definition) is 0. The highest BCUT2D eigenvalue weighted by Crippen LogP contribution is 2.43. The molecule has 6 aromatic rings. The second-order valence-corrected chi connectivity index (χ2v) is 14.1. The summed E-state index contributed by atoms with van der Waals surface area (Å²) in [7, 11) is 0. The third-order valence-electron chi connectivity index (χ3n) is 10.7. The summed E-state index contributed by atoms with van der Waals surface area (Å²) in [6.45, 7) is 0. The van der Waals surface area contributed by atoms with Gasteiger partial charge in [0, 0.05) is 34.4 Å². The maximum atomic E-state index is 2.57. The first kappa shape index (κ1) is 33.2. The van der Waals surface area contributed by atoms with Crippen LogP contribution in [0.15, 0.2) is 212 Å². The summed E-state index contributed by atoms with van der Waals surface area (Å²) in [6.07, 6.45) is 24.7. The molecule has 0 radical (unpaired) electrons. The van der Waals surface area contributed by atoms with Gasteiger partial charge >= 0.3 is 0 Å². The first-order chi connectivity index (χ1) is 26.8. The number of anilines is 4. The van der Waals surface area contributed by atoms with Gasteiger partial charge in [-0.15, -0.1) is 0 Å². The Hall–Kier alpha value is -6.64. The van der Waals surface area contributed by atoms with Crippen molar-refractivity contribution in [3.63, 3.8) is 0 Å². The van der Waals surface area contributed by atoms with E-state index in [9.17, 15) is 0 Å². The number of para-hydroxylation sites is 1. The van der Waals surface area contributed by atoms with Crippen molar-refractivity contribution in [1.82, 2.24) is 0 Å². The lowest BCUT2D eigenvalue weighted by atomic mass is 9.84. The van der Waals surface area contributed by atoms with E-state index in [4.69, 9.17) is 0 Å². The van der Waals surface area contributed by atoms with Crippen molar-refractivity contribution < 1.29 is 0 Å². The van der Waals surface area contributed by atoms with Crippen LogP contribution in [0.2, 0.25) is 0 Å². The Labute approximate surface area is 319 Å². The van der Waals surface area contributed by atoms with Crippen molar-refractivity contribution in [3.8, 4) is 11.1 Å². The molecule has 54 heavy (non-hydrogen) atoms. The Morgan fingerprint density at radius 2 is 1.04 bits per heavy atom. The smallest absolute Gasteiger partial charge is 0.0632 e. The Morgan fingerprint density at radius 3 is 1.76 bits per heavy atom. The van der Waals surface area contributed by atoms with E-state index in [1.54, 1.807) is 0 Å². The van der Waals surface area contributed by atoms with Gasteiger partial charge < -0.3 is 9.80 Å². The summed E-state index contributed by atoms with van der Waals surface area (Å²) in [6, 6.07) is 56.9. The van der Waals surface area contributed by atoms with Crippen molar-refractivity contribution in [2.24, 2.45) is 5.92 Å². The van der Waals surface area contributed by atoms with Crippen molar-refractivity contribution in [1.29, 1.82) is 0 Å². The molecule has 0 bridgehead atoms. The minimum absolute atomic E-state index is 0.216. The van der Waals surface area contributed by atoms with Crippen LogP contribution in [0.3, 0.4) is 0 Å². The standard InChI is InChI=1S/C52H42N2/c1-3-13-41(14-4-1)42-31-37-47(38-32-42)53(45-19-5-2-6-20-45)46-33-27-39(28-34-46)25-26-40-29-35-48(36-30-40)54(51-23-11-17-43-15-7-9-21-49(43)51)52-24-12-18-44-16-8-10-22-50(44)52/h1-17,19-22,24-38,44,51H,18,23H2. The van der Waals surface area contributed by atoms with Gasteiger partial charge in [-0.2, -0.15) is 0 Å². The topological polar surface area (TPSA) is 6.48 Å². The summed E-state index contributed by atoms with van der Waals surface area (Å²) < 4.78 is 0. The second-order valence-electron chi connectivity index (χ2n) is 14.1. The number of nitrogens with zero attached hydrogens (tertiary/aromatic N) is 2. The molecule has 3 aliphatic carbocycles. The summed E-state index contributed by atoms with van der Waals surface area (Å²) >= 11 is 0. The highest BCUT2D eigenvalue weighted by atomic mass is 15.2. The molecule has 0 N–H and O–H groups in total. The minimum Gasteiger partial charge on any atom is -0.333 e. The van der Waals surface area contributed by atoms with E-state index in [0.29, 0.717) is 5.92 Å².